The Kier molecular flexibility index (Phi) is 6.00. The van der Waals surface area contributed by atoms with Crippen LogP contribution in [-0.4, -0.2) is 29.6 Å². The number of carbonyl (C=O) groups is 2. The summed E-state index contributed by atoms with van der Waals surface area (Å²) in [6.45, 7) is -1.96. The summed E-state index contributed by atoms with van der Waals surface area (Å²) in [5.74, 6) is -5.86. The minimum Gasteiger partial charge on any atom is -0.390 e. The van der Waals surface area contributed by atoms with E-state index >= 15 is 0 Å². The predicted molar refractivity (Wildman–Crippen MR) is 72.2 cm³/mol. The quantitative estimate of drug-likeness (QED) is 0.402. The van der Waals surface area contributed by atoms with Gasteiger partial charge >= 0.3 is 0 Å². The summed E-state index contributed by atoms with van der Waals surface area (Å²) in [6.07, 6.45) is 2.25. The number of aldehydes is 1. The first kappa shape index (κ1) is 17.6. The Labute approximate surface area is 124 Å². The van der Waals surface area contributed by atoms with Crippen molar-refractivity contribution in [1.82, 2.24) is 5.32 Å². The van der Waals surface area contributed by atoms with E-state index in [4.69, 9.17) is 10.5 Å². The van der Waals surface area contributed by atoms with E-state index in [9.17, 15) is 22.8 Å². The average Bonchev–Trinajstić information content (AvgIpc) is 2.50. The van der Waals surface area contributed by atoms with Crippen LogP contribution in [0.2, 0.25) is 0 Å². The van der Waals surface area contributed by atoms with Gasteiger partial charge in [0.05, 0.1) is 5.56 Å². The molecule has 1 rings (SSSR count). The van der Waals surface area contributed by atoms with Crippen molar-refractivity contribution in [2.24, 2.45) is 0 Å². The fraction of sp³-hybridized carbons (Fsp3) is 0.214. The van der Waals surface area contributed by atoms with E-state index in [0.29, 0.717) is 6.29 Å². The predicted octanol–water partition coefficient (Wildman–Crippen LogP) is 1.30. The minimum atomic E-state index is -3.73. The molecular weight excluding hydrogens is 301 g/mol. The zero-order valence-electron chi connectivity index (χ0n) is 11.3. The monoisotopic (exact) mass is 314 g/mol. The van der Waals surface area contributed by atoms with Crippen LogP contribution in [0.25, 0.3) is 0 Å². The fourth-order valence-corrected chi connectivity index (χ4v) is 1.57. The molecule has 1 aromatic rings. The number of aliphatic hydroxyl groups is 1. The second-order valence-electron chi connectivity index (χ2n) is 4.23. The van der Waals surface area contributed by atoms with Crippen molar-refractivity contribution >= 4 is 17.9 Å². The molecule has 22 heavy (non-hydrogen) atoms. The molecule has 0 atom stereocenters. The number of rotatable bonds is 7. The highest BCUT2D eigenvalue weighted by atomic mass is 19.3. The van der Waals surface area contributed by atoms with Crippen LogP contribution in [0.15, 0.2) is 30.4 Å². The molecule has 0 unspecified atom stereocenters. The first-order chi connectivity index (χ1) is 10.3. The number of aliphatic hydroxyl groups excluding tert-OH is 1. The lowest BCUT2D eigenvalue weighted by atomic mass is 10.0. The Bertz CT molecular complexity index is 615. The first-order valence-electron chi connectivity index (χ1n) is 6.08. The number of carbonyl (C=O) groups excluding carboxylic acids is 2. The van der Waals surface area contributed by atoms with Gasteiger partial charge in [-0.25, -0.2) is 4.39 Å². The van der Waals surface area contributed by atoms with E-state index in [2.05, 4.69) is 5.32 Å². The molecule has 0 saturated carbocycles. The highest BCUT2D eigenvalue weighted by molar-refractivity contribution is 6.42. The Hall–Kier alpha value is -2.48. The summed E-state index contributed by atoms with van der Waals surface area (Å²) in [7, 11) is 0. The van der Waals surface area contributed by atoms with Crippen LogP contribution in [0.1, 0.15) is 11.1 Å². The van der Waals surface area contributed by atoms with E-state index in [1.54, 1.807) is 0 Å². The van der Waals surface area contributed by atoms with E-state index in [1.165, 1.54) is 12.1 Å². The number of hydrogen-bond acceptors (Lipinski definition) is 4. The normalized spacial score (nSPS) is 11.5. The van der Waals surface area contributed by atoms with Crippen LogP contribution in [0, 0.1) is 11.2 Å². The summed E-state index contributed by atoms with van der Waals surface area (Å²) < 4.78 is 40.6. The molecule has 0 radical (unpaired) electrons. The lowest BCUT2D eigenvalue weighted by Gasteiger charge is -2.16. The second-order valence-corrected chi connectivity index (χ2v) is 4.23. The molecule has 1 aromatic carbocycles. The van der Waals surface area contributed by atoms with Gasteiger partial charge in [-0.2, -0.15) is 8.78 Å². The fourth-order valence-electron chi connectivity index (χ4n) is 1.57. The Morgan fingerprint density at radius 3 is 2.68 bits per heavy atom. The van der Waals surface area contributed by atoms with Crippen molar-refractivity contribution in [3.05, 3.63) is 47.3 Å². The van der Waals surface area contributed by atoms with E-state index in [1.807, 2.05) is 0 Å². The summed E-state index contributed by atoms with van der Waals surface area (Å²) in [5.41, 5.74) is -1.73. The maximum atomic E-state index is 14.0. The maximum absolute atomic E-state index is 14.0. The molecule has 1 amide bonds. The second kappa shape index (κ2) is 7.51. The third-order valence-electron chi connectivity index (χ3n) is 2.70. The van der Waals surface area contributed by atoms with Crippen LogP contribution < -0.4 is 5.32 Å². The highest BCUT2D eigenvalue weighted by Gasteiger charge is 2.34. The smallest absolute Gasteiger partial charge is 0.298 e. The molecular formula is C14H13F3N2O3. The zero-order chi connectivity index (χ0) is 16.8. The molecule has 5 nitrogen and oxygen atoms in total. The number of amides is 1. The standard InChI is InChI=1S/C14H13F3N2O3/c15-12-9(3-1-4-10(12)14(16,17)8-21)7-19-13(22)11(18)5-2-6-20/h1-6,18,21H,7-8H2,(H,19,22)/b5-2-,18-11?. The molecule has 0 bridgehead atoms. The number of alkyl halides is 2. The molecule has 0 aliphatic carbocycles. The van der Waals surface area contributed by atoms with Crippen molar-refractivity contribution in [3.8, 4) is 0 Å². The van der Waals surface area contributed by atoms with Crippen molar-refractivity contribution in [2.75, 3.05) is 6.61 Å². The van der Waals surface area contributed by atoms with Crippen LogP contribution >= 0.6 is 0 Å². The number of allylic oxidation sites excluding steroid dienone is 1. The van der Waals surface area contributed by atoms with Gasteiger partial charge in [0.25, 0.3) is 11.8 Å². The Balaban J connectivity index is 2.86. The van der Waals surface area contributed by atoms with Crippen molar-refractivity contribution in [1.29, 1.82) is 5.41 Å². The average molecular weight is 314 g/mol. The summed E-state index contributed by atoms with van der Waals surface area (Å²) in [6, 6.07) is 3.20. The number of hydrogen-bond donors (Lipinski definition) is 3. The van der Waals surface area contributed by atoms with Crippen LogP contribution in [0.4, 0.5) is 13.2 Å². The van der Waals surface area contributed by atoms with E-state index in [0.717, 1.165) is 18.2 Å². The Morgan fingerprint density at radius 1 is 1.41 bits per heavy atom. The maximum Gasteiger partial charge on any atom is 0.298 e. The third-order valence-corrected chi connectivity index (χ3v) is 2.70. The number of benzene rings is 1. The number of nitrogens with one attached hydrogen (secondary N) is 2. The van der Waals surface area contributed by atoms with Gasteiger partial charge in [0.15, 0.2) is 0 Å². The van der Waals surface area contributed by atoms with Gasteiger partial charge < -0.3 is 10.4 Å². The molecule has 0 aliphatic heterocycles. The zero-order valence-corrected chi connectivity index (χ0v) is 11.3. The molecule has 118 valence electrons. The van der Waals surface area contributed by atoms with Crippen molar-refractivity contribution in [3.63, 3.8) is 0 Å². The molecule has 0 aromatic heterocycles. The van der Waals surface area contributed by atoms with E-state index in [-0.39, 0.29) is 5.56 Å². The van der Waals surface area contributed by atoms with Crippen LogP contribution in [0.3, 0.4) is 0 Å². The third kappa shape index (κ3) is 4.26. The largest absolute Gasteiger partial charge is 0.390 e. The lowest BCUT2D eigenvalue weighted by Crippen LogP contribution is -2.30. The Morgan fingerprint density at radius 2 is 2.09 bits per heavy atom. The van der Waals surface area contributed by atoms with Gasteiger partial charge in [-0.1, -0.05) is 12.1 Å². The SMILES string of the molecule is N=C(/C=C\C=O)C(=O)NCc1cccc(C(F)(F)CO)c1F. The van der Waals surface area contributed by atoms with Crippen LogP contribution in [-0.2, 0) is 22.1 Å². The van der Waals surface area contributed by atoms with Gasteiger partial charge in [-0.3, -0.25) is 15.0 Å². The summed E-state index contributed by atoms with van der Waals surface area (Å²) in [5, 5.41) is 18.0. The molecule has 0 saturated heterocycles. The summed E-state index contributed by atoms with van der Waals surface area (Å²) >= 11 is 0. The number of halogens is 3. The molecule has 0 spiro atoms. The van der Waals surface area contributed by atoms with Gasteiger partial charge in [0, 0.05) is 12.1 Å². The van der Waals surface area contributed by atoms with Gasteiger partial charge in [-0.15, -0.1) is 0 Å². The molecule has 0 aliphatic rings. The van der Waals surface area contributed by atoms with Gasteiger partial charge in [0.2, 0.25) is 0 Å². The lowest BCUT2D eigenvalue weighted by molar-refractivity contribution is -0.114. The first-order valence-corrected chi connectivity index (χ1v) is 6.08. The topological polar surface area (TPSA) is 90.2 Å². The molecule has 8 heteroatoms. The molecule has 0 heterocycles. The van der Waals surface area contributed by atoms with Gasteiger partial charge in [0.1, 0.15) is 24.4 Å². The molecule has 0 fully saturated rings. The van der Waals surface area contributed by atoms with Crippen molar-refractivity contribution in [2.45, 2.75) is 12.5 Å². The van der Waals surface area contributed by atoms with E-state index < -0.39 is 42.1 Å². The molecule has 3 N–H and O–H groups in total. The summed E-state index contributed by atoms with van der Waals surface area (Å²) in [4.78, 5) is 21.5. The highest BCUT2D eigenvalue weighted by Crippen LogP contribution is 2.30. The van der Waals surface area contributed by atoms with Crippen LogP contribution in [0.5, 0.6) is 0 Å². The van der Waals surface area contributed by atoms with Crippen molar-refractivity contribution < 1.29 is 27.9 Å². The minimum absolute atomic E-state index is 0.217. The van der Waals surface area contributed by atoms with Gasteiger partial charge in [-0.05, 0) is 18.2 Å².